The van der Waals surface area contributed by atoms with Crippen LogP contribution in [-0.4, -0.2) is 80.0 Å². The van der Waals surface area contributed by atoms with Crippen molar-refractivity contribution in [3.8, 4) is 0 Å². The van der Waals surface area contributed by atoms with Crippen molar-refractivity contribution < 1.29 is 38.1 Å². The van der Waals surface area contributed by atoms with Gasteiger partial charge >= 0.3 is 12.1 Å². The number of ketones is 1. The van der Waals surface area contributed by atoms with E-state index in [9.17, 15) is 19.2 Å². The van der Waals surface area contributed by atoms with Gasteiger partial charge in [-0.2, -0.15) is 0 Å². The topological polar surface area (TPSA) is 120 Å². The molecule has 11 heteroatoms. The van der Waals surface area contributed by atoms with Gasteiger partial charge in [0.15, 0.2) is 18.2 Å². The minimum absolute atomic E-state index is 0.0858. The fourth-order valence-electron chi connectivity index (χ4n) is 3.36. The number of halogens is 1. The number of carbonyl (C=O) groups excluding carboxylic acids is 4. The van der Waals surface area contributed by atoms with Crippen molar-refractivity contribution >= 4 is 39.7 Å². The molecule has 0 aliphatic carbocycles. The number of esters is 1. The van der Waals surface area contributed by atoms with Crippen LogP contribution < -0.4 is 5.32 Å². The van der Waals surface area contributed by atoms with Crippen LogP contribution in [0.4, 0.5) is 4.79 Å². The van der Waals surface area contributed by atoms with Gasteiger partial charge in [-0.15, -0.1) is 0 Å². The zero-order valence-corrected chi connectivity index (χ0v) is 23.1. The number of hydrogen-bond donors (Lipinski definition) is 1. The number of nitrogens with zero attached hydrogens (tertiary/aromatic N) is 1. The van der Waals surface area contributed by atoms with Gasteiger partial charge in [0, 0.05) is 0 Å². The van der Waals surface area contributed by atoms with Crippen LogP contribution in [0.15, 0.2) is 22.2 Å². The number of carbonyl (C=O) groups is 4. The van der Waals surface area contributed by atoms with Crippen molar-refractivity contribution in [2.75, 3.05) is 33.5 Å². The van der Waals surface area contributed by atoms with E-state index in [2.05, 4.69) is 26.0 Å². The first kappa shape index (κ1) is 30.8. The lowest BCUT2D eigenvalue weighted by molar-refractivity contribution is -0.178. The Morgan fingerprint density at radius 3 is 2.26 bits per heavy atom. The third-order valence-electron chi connectivity index (χ3n) is 5.49. The van der Waals surface area contributed by atoms with E-state index in [-0.39, 0.29) is 18.2 Å². The molecule has 0 bridgehead atoms. The van der Waals surface area contributed by atoms with Crippen molar-refractivity contribution in [1.29, 1.82) is 0 Å². The average molecular weight is 561 g/mol. The number of hydrogen-bond acceptors (Lipinski definition) is 8. The molecule has 1 fully saturated rings. The number of Topliss-reactive ketones (excluding diaryl/α,β-unsaturated/α-hetero) is 1. The van der Waals surface area contributed by atoms with Crippen molar-refractivity contribution in [3.05, 3.63) is 22.2 Å². The number of nitrogens with one attached hydrogen (secondary N) is 1. The maximum Gasteiger partial charge on any atom is 0.407 e. The van der Waals surface area contributed by atoms with Gasteiger partial charge in [0.25, 0.3) is 0 Å². The van der Waals surface area contributed by atoms with Crippen LogP contribution in [0.1, 0.15) is 48.0 Å². The number of alkyl carbamates (subject to hydrolysis) is 1. The van der Waals surface area contributed by atoms with Crippen LogP contribution >= 0.6 is 15.9 Å². The van der Waals surface area contributed by atoms with Gasteiger partial charge in [0.2, 0.25) is 5.91 Å². The Balaban J connectivity index is 3.05. The summed E-state index contributed by atoms with van der Waals surface area (Å²) in [4.78, 5) is 52.0. The molecule has 1 rings (SSSR count). The molecule has 1 saturated heterocycles. The third-order valence-corrected chi connectivity index (χ3v) is 5.82. The second-order valence-electron chi connectivity index (χ2n) is 8.67. The van der Waals surface area contributed by atoms with Gasteiger partial charge in [-0.1, -0.05) is 41.9 Å². The summed E-state index contributed by atoms with van der Waals surface area (Å²) in [7, 11) is 1.20. The van der Waals surface area contributed by atoms with Crippen LogP contribution in [0, 0.1) is 5.92 Å². The molecule has 198 valence electrons. The van der Waals surface area contributed by atoms with E-state index in [0.29, 0.717) is 25.2 Å². The highest BCUT2D eigenvalue weighted by atomic mass is 79.9. The first-order valence-electron chi connectivity index (χ1n) is 11.4. The average Bonchev–Trinajstić information content (AvgIpc) is 3.24. The summed E-state index contributed by atoms with van der Waals surface area (Å²) in [6.07, 6.45) is 3.13. The van der Waals surface area contributed by atoms with E-state index in [1.807, 2.05) is 13.0 Å². The SMILES string of the molecule is C/C=C(\CC=C(C)Br)C(=O)COC(=O)C(C)N(CC1(C)OCCO1)C(=O)C(NC(=O)OC)C(C)C. The van der Waals surface area contributed by atoms with E-state index >= 15 is 0 Å². The van der Waals surface area contributed by atoms with Gasteiger partial charge in [-0.05, 0) is 50.1 Å². The summed E-state index contributed by atoms with van der Waals surface area (Å²) in [5.41, 5.74) is 0.500. The Morgan fingerprint density at radius 2 is 1.77 bits per heavy atom. The second kappa shape index (κ2) is 14.4. The maximum atomic E-state index is 13.5. The standard InChI is InChI=1S/C24H37BrN2O8/c1-8-18(10-9-16(4)25)19(28)13-33-22(30)17(5)27(14-24(6)34-11-12-35-24)21(29)20(15(2)3)26-23(31)32-7/h8-9,15,17,20H,10-14H2,1-7H3,(H,26,31)/b16-9?,18-8+. The minimum atomic E-state index is -1.13. The lowest BCUT2D eigenvalue weighted by atomic mass is 10.0. The Labute approximate surface area is 215 Å². The molecule has 0 aromatic heterocycles. The molecule has 0 aromatic rings. The maximum absolute atomic E-state index is 13.5. The summed E-state index contributed by atoms with van der Waals surface area (Å²) in [6.45, 7) is 10.4. The summed E-state index contributed by atoms with van der Waals surface area (Å²) in [5, 5.41) is 2.52. The molecule has 2 amide bonds. The molecular weight excluding hydrogens is 524 g/mol. The van der Waals surface area contributed by atoms with Crippen LogP contribution in [0.2, 0.25) is 0 Å². The monoisotopic (exact) mass is 560 g/mol. The summed E-state index contributed by atoms with van der Waals surface area (Å²) in [5.74, 6) is -3.08. The second-order valence-corrected chi connectivity index (χ2v) is 9.92. The number of allylic oxidation sites excluding steroid dienone is 3. The number of methoxy groups -OCH3 is 1. The van der Waals surface area contributed by atoms with Gasteiger partial charge in [-0.3, -0.25) is 9.59 Å². The molecule has 35 heavy (non-hydrogen) atoms. The van der Waals surface area contributed by atoms with Gasteiger partial charge in [-0.25, -0.2) is 9.59 Å². The lowest BCUT2D eigenvalue weighted by Crippen LogP contribution is -2.58. The van der Waals surface area contributed by atoms with E-state index in [1.165, 1.54) is 18.9 Å². The zero-order chi connectivity index (χ0) is 26.8. The number of rotatable bonds is 12. The van der Waals surface area contributed by atoms with Crippen LogP contribution in [-0.2, 0) is 33.3 Å². The highest BCUT2D eigenvalue weighted by Crippen LogP contribution is 2.23. The number of ether oxygens (including phenoxy) is 4. The smallest absolute Gasteiger partial charge is 0.407 e. The van der Waals surface area contributed by atoms with Gasteiger partial charge < -0.3 is 29.2 Å². The molecule has 1 aliphatic heterocycles. The molecule has 1 heterocycles. The minimum Gasteiger partial charge on any atom is -0.456 e. The zero-order valence-electron chi connectivity index (χ0n) is 21.5. The summed E-state index contributed by atoms with van der Waals surface area (Å²) >= 11 is 3.32. The third kappa shape index (κ3) is 9.73. The summed E-state index contributed by atoms with van der Waals surface area (Å²) in [6, 6.07) is -2.06. The molecule has 1 N–H and O–H groups in total. The largest absolute Gasteiger partial charge is 0.456 e. The molecular formula is C24H37BrN2O8. The normalized spacial score (nSPS) is 17.5. The van der Waals surface area contributed by atoms with Crippen LogP contribution in [0.5, 0.6) is 0 Å². The van der Waals surface area contributed by atoms with Crippen molar-refractivity contribution in [3.63, 3.8) is 0 Å². The fourth-order valence-corrected chi connectivity index (χ4v) is 3.52. The van der Waals surface area contributed by atoms with E-state index in [4.69, 9.17) is 14.2 Å². The highest BCUT2D eigenvalue weighted by molar-refractivity contribution is 9.11. The van der Waals surface area contributed by atoms with Crippen molar-refractivity contribution in [2.24, 2.45) is 5.92 Å². The fraction of sp³-hybridized carbons (Fsp3) is 0.667. The molecule has 2 unspecified atom stereocenters. The molecule has 0 saturated carbocycles. The van der Waals surface area contributed by atoms with Crippen LogP contribution in [0.3, 0.4) is 0 Å². The van der Waals surface area contributed by atoms with Gasteiger partial charge in [0.05, 0.1) is 26.9 Å². The summed E-state index contributed by atoms with van der Waals surface area (Å²) < 4.78 is 22.1. The first-order chi connectivity index (χ1) is 16.3. The van der Waals surface area contributed by atoms with E-state index in [0.717, 1.165) is 4.48 Å². The highest BCUT2D eigenvalue weighted by Gasteiger charge is 2.41. The quantitative estimate of drug-likeness (QED) is 0.285. The predicted octanol–water partition coefficient (Wildman–Crippen LogP) is 3.09. The molecule has 0 radical (unpaired) electrons. The van der Waals surface area contributed by atoms with Gasteiger partial charge in [0.1, 0.15) is 12.1 Å². The number of amides is 2. The Kier molecular flexibility index (Phi) is 12.6. The first-order valence-corrected chi connectivity index (χ1v) is 12.2. The Bertz CT molecular complexity index is 829. The van der Waals surface area contributed by atoms with Crippen LogP contribution in [0.25, 0.3) is 0 Å². The van der Waals surface area contributed by atoms with Crippen molar-refractivity contribution in [2.45, 2.75) is 65.8 Å². The van der Waals surface area contributed by atoms with E-state index in [1.54, 1.807) is 33.8 Å². The molecule has 1 aliphatic rings. The Hall–Kier alpha value is -2.24. The molecule has 0 aromatic carbocycles. The molecule has 2 atom stereocenters. The lowest BCUT2D eigenvalue weighted by Gasteiger charge is -2.37. The van der Waals surface area contributed by atoms with Crippen molar-refractivity contribution in [1.82, 2.24) is 10.2 Å². The Morgan fingerprint density at radius 1 is 1.17 bits per heavy atom. The molecule has 0 spiro atoms. The predicted molar refractivity (Wildman–Crippen MR) is 133 cm³/mol. The molecule has 10 nitrogen and oxygen atoms in total. The van der Waals surface area contributed by atoms with E-state index < -0.39 is 42.4 Å².